The first kappa shape index (κ1) is 21.4. The molecule has 3 unspecified atom stereocenters. The van der Waals surface area contributed by atoms with Crippen LogP contribution in [0.1, 0.15) is 18.5 Å². The highest BCUT2D eigenvalue weighted by molar-refractivity contribution is 7.80. The van der Waals surface area contributed by atoms with Crippen LogP contribution in [0, 0.1) is 0 Å². The zero-order valence-corrected chi connectivity index (χ0v) is 14.6. The molecule has 0 saturated carbocycles. The van der Waals surface area contributed by atoms with E-state index in [9.17, 15) is 19.2 Å². The van der Waals surface area contributed by atoms with Gasteiger partial charge >= 0.3 is 11.9 Å². The van der Waals surface area contributed by atoms with Gasteiger partial charge in [0, 0.05) is 30.5 Å². The van der Waals surface area contributed by atoms with Crippen LogP contribution in [0.25, 0.3) is 0 Å². The number of amides is 2. The Labute approximate surface area is 154 Å². The molecular formula is C14H21N5O6S. The van der Waals surface area contributed by atoms with E-state index in [-0.39, 0.29) is 18.6 Å². The van der Waals surface area contributed by atoms with Crippen LogP contribution in [0.2, 0.25) is 0 Å². The minimum atomic E-state index is -1.40. The lowest BCUT2D eigenvalue weighted by Crippen LogP contribution is -2.55. The summed E-state index contributed by atoms with van der Waals surface area (Å²) in [6, 6.07) is -3.48. The van der Waals surface area contributed by atoms with Crippen molar-refractivity contribution in [3.8, 4) is 0 Å². The minimum absolute atomic E-state index is 0.0160. The number of nitrogens with two attached hydrogens (primary N) is 1. The van der Waals surface area contributed by atoms with Gasteiger partial charge in [0.1, 0.15) is 12.1 Å². The Bertz CT molecular complexity index is 638. The van der Waals surface area contributed by atoms with Gasteiger partial charge in [0.15, 0.2) is 0 Å². The van der Waals surface area contributed by atoms with Crippen molar-refractivity contribution in [1.82, 2.24) is 20.6 Å². The van der Waals surface area contributed by atoms with Gasteiger partial charge in [-0.25, -0.2) is 9.78 Å². The molecule has 26 heavy (non-hydrogen) atoms. The molecule has 1 aromatic rings. The standard InChI is InChI=1S/C14H21N5O6S/c15-8(5-26)12(22)19-10(3-7-4-16-6-17-7)13(23)18-9(14(24)25)1-2-11(20)21/h4,6,8-10,26H,1-3,5,15H2,(H,16,17)(H,18,23)(H,19,22)(H,20,21)(H,24,25). The molecule has 2 amide bonds. The summed E-state index contributed by atoms with van der Waals surface area (Å²) >= 11 is 3.91. The fourth-order valence-corrected chi connectivity index (χ4v) is 2.15. The van der Waals surface area contributed by atoms with E-state index in [1.54, 1.807) is 0 Å². The summed E-state index contributed by atoms with van der Waals surface area (Å²) in [5.74, 6) is -3.92. The smallest absolute Gasteiger partial charge is 0.326 e. The number of aliphatic carboxylic acids is 2. The number of carboxylic acids is 2. The molecule has 0 aliphatic carbocycles. The number of aromatic nitrogens is 2. The van der Waals surface area contributed by atoms with Gasteiger partial charge < -0.3 is 31.6 Å². The summed E-state index contributed by atoms with van der Waals surface area (Å²) in [4.78, 5) is 52.8. The van der Waals surface area contributed by atoms with E-state index in [0.29, 0.717) is 5.69 Å². The molecule has 11 nitrogen and oxygen atoms in total. The van der Waals surface area contributed by atoms with E-state index in [2.05, 4.69) is 33.2 Å². The van der Waals surface area contributed by atoms with Crippen molar-refractivity contribution < 1.29 is 29.4 Å². The molecule has 0 saturated heterocycles. The lowest BCUT2D eigenvalue weighted by Gasteiger charge is -2.22. The van der Waals surface area contributed by atoms with Crippen molar-refractivity contribution in [2.45, 2.75) is 37.4 Å². The highest BCUT2D eigenvalue weighted by Gasteiger charge is 2.28. The molecule has 12 heteroatoms. The molecule has 1 rings (SSSR count). The summed E-state index contributed by atoms with van der Waals surface area (Å²) in [5.41, 5.74) is 6.10. The lowest BCUT2D eigenvalue weighted by atomic mass is 10.1. The van der Waals surface area contributed by atoms with Gasteiger partial charge in [-0.15, -0.1) is 0 Å². The maximum atomic E-state index is 12.4. The summed E-state index contributed by atoms with van der Waals surface area (Å²) in [6.45, 7) is 0. The Morgan fingerprint density at radius 2 is 1.85 bits per heavy atom. The molecule has 0 aromatic carbocycles. The number of thiol groups is 1. The lowest BCUT2D eigenvalue weighted by molar-refractivity contribution is -0.143. The molecule has 3 atom stereocenters. The third kappa shape index (κ3) is 7.11. The number of carbonyl (C=O) groups is 4. The fraction of sp³-hybridized carbons (Fsp3) is 0.500. The normalized spacial score (nSPS) is 14.1. The SMILES string of the molecule is NC(CS)C(=O)NC(Cc1cnc[nH]1)C(=O)NC(CCC(=O)O)C(=O)O. The Morgan fingerprint density at radius 3 is 2.35 bits per heavy atom. The summed E-state index contributed by atoms with van der Waals surface area (Å²) < 4.78 is 0. The predicted molar refractivity (Wildman–Crippen MR) is 92.5 cm³/mol. The molecule has 1 heterocycles. The molecule has 0 radical (unpaired) electrons. The highest BCUT2D eigenvalue weighted by atomic mass is 32.1. The van der Waals surface area contributed by atoms with Crippen molar-refractivity contribution in [3.63, 3.8) is 0 Å². The third-order valence-electron chi connectivity index (χ3n) is 3.41. The van der Waals surface area contributed by atoms with Gasteiger partial charge in [0.05, 0.1) is 12.4 Å². The highest BCUT2D eigenvalue weighted by Crippen LogP contribution is 2.03. The molecule has 0 fully saturated rings. The van der Waals surface area contributed by atoms with Gasteiger partial charge in [-0.1, -0.05) is 0 Å². The summed E-state index contributed by atoms with van der Waals surface area (Å²) in [6.07, 6.45) is 2.13. The number of nitrogens with one attached hydrogen (secondary N) is 3. The number of aromatic amines is 1. The van der Waals surface area contributed by atoms with Crippen LogP contribution < -0.4 is 16.4 Å². The van der Waals surface area contributed by atoms with Crippen LogP contribution in [-0.4, -0.2) is 67.8 Å². The number of nitrogens with zero attached hydrogens (tertiary/aromatic N) is 1. The van der Waals surface area contributed by atoms with Gasteiger partial charge in [-0.05, 0) is 6.42 Å². The van der Waals surface area contributed by atoms with Gasteiger partial charge in [0.2, 0.25) is 11.8 Å². The number of hydrogen-bond acceptors (Lipinski definition) is 7. The van der Waals surface area contributed by atoms with Crippen molar-refractivity contribution in [2.75, 3.05) is 5.75 Å². The number of hydrogen-bond donors (Lipinski definition) is 7. The maximum Gasteiger partial charge on any atom is 0.326 e. The molecule has 7 N–H and O–H groups in total. The second-order valence-corrected chi connectivity index (χ2v) is 5.83. The zero-order valence-electron chi connectivity index (χ0n) is 13.7. The predicted octanol–water partition coefficient (Wildman–Crippen LogP) is -1.87. The van der Waals surface area contributed by atoms with Crippen molar-refractivity contribution in [1.29, 1.82) is 0 Å². The van der Waals surface area contributed by atoms with E-state index in [1.807, 2.05) is 0 Å². The number of carboxylic acid groups (broad SMARTS) is 2. The molecule has 0 spiro atoms. The van der Waals surface area contributed by atoms with Crippen molar-refractivity contribution >= 4 is 36.4 Å². The molecule has 0 aliphatic rings. The maximum absolute atomic E-state index is 12.4. The summed E-state index contributed by atoms with van der Waals surface area (Å²) in [5, 5.41) is 22.5. The fourth-order valence-electron chi connectivity index (χ4n) is 1.98. The Morgan fingerprint density at radius 1 is 1.19 bits per heavy atom. The van der Waals surface area contributed by atoms with Crippen LogP contribution in [0.5, 0.6) is 0 Å². The second-order valence-electron chi connectivity index (χ2n) is 5.46. The number of imidazole rings is 1. The summed E-state index contributed by atoms with van der Waals surface area (Å²) in [7, 11) is 0. The Hall–Kier alpha value is -2.60. The average molecular weight is 387 g/mol. The monoisotopic (exact) mass is 387 g/mol. The largest absolute Gasteiger partial charge is 0.481 e. The minimum Gasteiger partial charge on any atom is -0.481 e. The van der Waals surface area contributed by atoms with E-state index >= 15 is 0 Å². The van der Waals surface area contributed by atoms with Gasteiger partial charge in [-0.2, -0.15) is 12.6 Å². The Balaban J connectivity index is 2.85. The molecule has 144 valence electrons. The van der Waals surface area contributed by atoms with Crippen LogP contribution in [0.3, 0.4) is 0 Å². The zero-order chi connectivity index (χ0) is 19.7. The third-order valence-corrected chi connectivity index (χ3v) is 3.80. The molecule has 1 aromatic heterocycles. The topological polar surface area (TPSA) is 187 Å². The number of rotatable bonds is 11. The van der Waals surface area contributed by atoms with Crippen molar-refractivity contribution in [2.24, 2.45) is 5.73 Å². The van der Waals surface area contributed by atoms with Gasteiger partial charge in [-0.3, -0.25) is 14.4 Å². The van der Waals surface area contributed by atoms with E-state index < -0.39 is 48.3 Å². The number of H-pyrrole nitrogens is 1. The first-order chi connectivity index (χ1) is 12.2. The van der Waals surface area contributed by atoms with E-state index in [1.165, 1.54) is 12.5 Å². The first-order valence-electron chi connectivity index (χ1n) is 7.63. The van der Waals surface area contributed by atoms with Gasteiger partial charge in [0.25, 0.3) is 0 Å². The molecule has 0 bridgehead atoms. The average Bonchev–Trinajstić information content (AvgIpc) is 3.09. The van der Waals surface area contributed by atoms with E-state index in [4.69, 9.17) is 15.9 Å². The number of carbonyl (C=O) groups excluding carboxylic acids is 2. The first-order valence-corrected chi connectivity index (χ1v) is 8.26. The quantitative estimate of drug-likeness (QED) is 0.215. The molecular weight excluding hydrogens is 366 g/mol. The Kier molecular flexibility index (Phi) is 8.58. The molecule has 0 aliphatic heterocycles. The van der Waals surface area contributed by atoms with Crippen LogP contribution in [0.15, 0.2) is 12.5 Å². The van der Waals surface area contributed by atoms with Crippen LogP contribution >= 0.6 is 12.6 Å². The second kappa shape index (κ2) is 10.4. The van der Waals surface area contributed by atoms with Crippen LogP contribution in [-0.2, 0) is 25.6 Å². The van der Waals surface area contributed by atoms with Crippen molar-refractivity contribution in [3.05, 3.63) is 18.2 Å². The van der Waals surface area contributed by atoms with Crippen LogP contribution in [0.4, 0.5) is 0 Å². The van der Waals surface area contributed by atoms with E-state index in [0.717, 1.165) is 0 Å².